The van der Waals surface area contributed by atoms with E-state index in [1.165, 1.54) is 0 Å². The Morgan fingerprint density at radius 1 is 1.00 bits per heavy atom. The van der Waals surface area contributed by atoms with Crippen LogP contribution in [0.25, 0.3) is 0 Å². The topological polar surface area (TPSA) is 12.0 Å². The molecule has 0 aliphatic carbocycles. The minimum Gasteiger partial charge on any atom is -0.309 e. The highest BCUT2D eigenvalue weighted by atomic mass is 79.9. The highest BCUT2D eigenvalue weighted by Crippen LogP contribution is 2.33. The summed E-state index contributed by atoms with van der Waals surface area (Å²) in [5.74, 6) is 0. The summed E-state index contributed by atoms with van der Waals surface area (Å²) in [6.45, 7) is 0. The van der Waals surface area contributed by atoms with Gasteiger partial charge in [-0.2, -0.15) is 0 Å². The average molecular weight is 424 g/mol. The van der Waals surface area contributed by atoms with Gasteiger partial charge in [0.15, 0.2) is 0 Å². The Bertz CT molecular complexity index is 582. The van der Waals surface area contributed by atoms with Gasteiger partial charge in [0.2, 0.25) is 0 Å². The minimum atomic E-state index is 0.0167. The summed E-state index contributed by atoms with van der Waals surface area (Å²) in [5.41, 5.74) is 2.15. The smallest absolute Gasteiger partial charge is 0.0586 e. The third-order valence-electron chi connectivity index (χ3n) is 2.78. The summed E-state index contributed by atoms with van der Waals surface area (Å²) in [6.07, 6.45) is 0. The Balaban J connectivity index is 2.52. The number of halogens is 4. The summed E-state index contributed by atoms with van der Waals surface area (Å²) >= 11 is 19.2. The van der Waals surface area contributed by atoms with Crippen LogP contribution in [0.4, 0.5) is 0 Å². The lowest BCUT2D eigenvalue weighted by atomic mass is 9.99. The van der Waals surface area contributed by atoms with Gasteiger partial charge < -0.3 is 5.32 Å². The van der Waals surface area contributed by atoms with Gasteiger partial charge in [0, 0.05) is 19.0 Å². The second-order valence-electron chi connectivity index (χ2n) is 4.09. The molecule has 0 fully saturated rings. The molecule has 0 bridgehead atoms. The van der Waals surface area contributed by atoms with Crippen molar-refractivity contribution < 1.29 is 0 Å². The zero-order chi connectivity index (χ0) is 14.0. The largest absolute Gasteiger partial charge is 0.309 e. The molecule has 0 amide bonds. The summed E-state index contributed by atoms with van der Waals surface area (Å²) in [4.78, 5) is 0. The molecule has 1 unspecified atom stereocenters. The molecule has 2 rings (SSSR count). The lowest BCUT2D eigenvalue weighted by Gasteiger charge is -2.19. The molecule has 2 aromatic carbocycles. The van der Waals surface area contributed by atoms with Gasteiger partial charge in [-0.05, 0) is 54.6 Å². The third kappa shape index (κ3) is 3.73. The summed E-state index contributed by atoms with van der Waals surface area (Å²) in [5, 5.41) is 4.56. The van der Waals surface area contributed by atoms with Crippen LogP contribution in [0, 0.1) is 0 Å². The van der Waals surface area contributed by atoms with Crippen molar-refractivity contribution in [3.05, 3.63) is 66.5 Å². The molecule has 1 atom stereocenters. The van der Waals surface area contributed by atoms with E-state index in [0.29, 0.717) is 10.0 Å². The minimum absolute atomic E-state index is 0.0167. The van der Waals surface area contributed by atoms with E-state index in [1.54, 1.807) is 6.07 Å². The molecule has 0 saturated heterocycles. The van der Waals surface area contributed by atoms with Crippen LogP contribution in [0.2, 0.25) is 10.0 Å². The molecule has 0 aromatic heterocycles. The Morgan fingerprint density at radius 3 is 2.21 bits per heavy atom. The fourth-order valence-corrected chi connectivity index (χ4v) is 3.38. The Morgan fingerprint density at radius 2 is 1.63 bits per heavy atom. The van der Waals surface area contributed by atoms with E-state index >= 15 is 0 Å². The van der Waals surface area contributed by atoms with Crippen molar-refractivity contribution in [1.29, 1.82) is 0 Å². The molecule has 0 saturated carbocycles. The fraction of sp³-hybridized carbons (Fsp3) is 0.143. The first kappa shape index (κ1) is 15.3. The van der Waals surface area contributed by atoms with E-state index in [2.05, 4.69) is 43.2 Å². The number of hydrogen-bond donors (Lipinski definition) is 1. The average Bonchev–Trinajstić information content (AvgIpc) is 2.33. The van der Waals surface area contributed by atoms with Gasteiger partial charge in [0.25, 0.3) is 0 Å². The van der Waals surface area contributed by atoms with Crippen molar-refractivity contribution in [1.82, 2.24) is 5.32 Å². The lowest BCUT2D eigenvalue weighted by Crippen LogP contribution is -2.18. The second-order valence-corrected chi connectivity index (χ2v) is 6.73. The number of rotatable bonds is 3. The normalized spacial score (nSPS) is 12.5. The van der Waals surface area contributed by atoms with E-state index in [9.17, 15) is 0 Å². The molecular weight excluding hydrogens is 413 g/mol. The highest BCUT2D eigenvalue weighted by Gasteiger charge is 2.16. The highest BCUT2D eigenvalue weighted by molar-refractivity contribution is 9.11. The molecule has 1 N–H and O–H groups in total. The van der Waals surface area contributed by atoms with Crippen molar-refractivity contribution >= 4 is 55.1 Å². The standard InChI is InChI=1S/C14H11Br2Cl2N/c1-19-14(8-4-10(17)7-11(18)5-8)12-6-9(15)2-3-13(12)16/h2-7,14,19H,1H3. The Labute approximate surface area is 139 Å². The third-order valence-corrected chi connectivity index (χ3v) is 4.43. The van der Waals surface area contributed by atoms with Crippen LogP contribution in [0.1, 0.15) is 17.2 Å². The maximum Gasteiger partial charge on any atom is 0.0586 e. The molecule has 1 nitrogen and oxygen atoms in total. The van der Waals surface area contributed by atoms with Gasteiger partial charge >= 0.3 is 0 Å². The van der Waals surface area contributed by atoms with Crippen molar-refractivity contribution in [3.8, 4) is 0 Å². The number of nitrogens with one attached hydrogen (secondary N) is 1. The molecular formula is C14H11Br2Cl2N. The second kappa shape index (κ2) is 6.59. The molecule has 5 heteroatoms. The zero-order valence-corrected chi connectivity index (χ0v) is 14.7. The molecule has 0 heterocycles. The van der Waals surface area contributed by atoms with Crippen LogP contribution >= 0.6 is 55.1 Å². The molecule has 0 aliphatic heterocycles. The van der Waals surface area contributed by atoms with Crippen molar-refractivity contribution in [2.24, 2.45) is 0 Å². The van der Waals surface area contributed by atoms with E-state index in [0.717, 1.165) is 20.1 Å². The van der Waals surface area contributed by atoms with E-state index in [1.807, 2.05) is 31.3 Å². The van der Waals surface area contributed by atoms with Gasteiger partial charge in [-0.3, -0.25) is 0 Å². The Kier molecular flexibility index (Phi) is 5.32. The van der Waals surface area contributed by atoms with E-state index in [4.69, 9.17) is 23.2 Å². The Hall–Kier alpha value is -0.0600. The first-order valence-corrected chi connectivity index (χ1v) is 7.93. The molecule has 2 aromatic rings. The van der Waals surface area contributed by atoms with E-state index in [-0.39, 0.29) is 6.04 Å². The monoisotopic (exact) mass is 421 g/mol. The molecule has 19 heavy (non-hydrogen) atoms. The van der Waals surface area contributed by atoms with Crippen molar-refractivity contribution in [2.75, 3.05) is 7.05 Å². The predicted molar refractivity (Wildman–Crippen MR) is 89.2 cm³/mol. The maximum atomic E-state index is 6.08. The van der Waals surface area contributed by atoms with Crippen LogP contribution in [0.3, 0.4) is 0 Å². The SMILES string of the molecule is CNC(c1cc(Cl)cc(Cl)c1)c1cc(Br)ccc1Br. The summed E-state index contributed by atoms with van der Waals surface area (Å²) in [6, 6.07) is 11.7. The quantitative estimate of drug-likeness (QED) is 0.655. The van der Waals surface area contributed by atoms with Crippen LogP contribution < -0.4 is 5.32 Å². The van der Waals surface area contributed by atoms with Gasteiger partial charge in [0.05, 0.1) is 6.04 Å². The van der Waals surface area contributed by atoms with Crippen molar-refractivity contribution in [3.63, 3.8) is 0 Å². The van der Waals surface area contributed by atoms with Gasteiger partial charge in [0.1, 0.15) is 0 Å². The molecule has 0 aliphatic rings. The van der Waals surface area contributed by atoms with Gasteiger partial charge in [-0.25, -0.2) is 0 Å². The summed E-state index contributed by atoms with van der Waals surface area (Å²) < 4.78 is 2.06. The van der Waals surface area contributed by atoms with Gasteiger partial charge in [-0.1, -0.05) is 55.1 Å². The fourth-order valence-electron chi connectivity index (χ4n) is 1.98. The lowest BCUT2D eigenvalue weighted by molar-refractivity contribution is 0.688. The van der Waals surface area contributed by atoms with Crippen LogP contribution in [-0.2, 0) is 0 Å². The number of benzene rings is 2. The van der Waals surface area contributed by atoms with Crippen molar-refractivity contribution in [2.45, 2.75) is 6.04 Å². The van der Waals surface area contributed by atoms with Crippen LogP contribution in [0.15, 0.2) is 45.3 Å². The van der Waals surface area contributed by atoms with Crippen LogP contribution in [-0.4, -0.2) is 7.05 Å². The van der Waals surface area contributed by atoms with Gasteiger partial charge in [-0.15, -0.1) is 0 Å². The van der Waals surface area contributed by atoms with E-state index < -0.39 is 0 Å². The zero-order valence-electron chi connectivity index (χ0n) is 10.1. The first-order chi connectivity index (χ1) is 9.01. The predicted octanol–water partition coefficient (Wildman–Crippen LogP) is 5.83. The maximum absolute atomic E-state index is 6.08. The molecule has 100 valence electrons. The number of hydrogen-bond acceptors (Lipinski definition) is 1. The molecule has 0 radical (unpaired) electrons. The van der Waals surface area contributed by atoms with Crippen LogP contribution in [0.5, 0.6) is 0 Å². The summed E-state index contributed by atoms with van der Waals surface area (Å²) in [7, 11) is 1.91. The first-order valence-electron chi connectivity index (χ1n) is 5.59. The molecule has 0 spiro atoms.